The number of nitro groups is 1. The van der Waals surface area contributed by atoms with Gasteiger partial charge in [0.2, 0.25) is 6.20 Å². The summed E-state index contributed by atoms with van der Waals surface area (Å²) in [6.07, 6.45) is 4.78. The lowest BCUT2D eigenvalue weighted by Gasteiger charge is -2.47. The summed E-state index contributed by atoms with van der Waals surface area (Å²) in [5, 5.41) is 10.5. The van der Waals surface area contributed by atoms with Gasteiger partial charge in [-0.15, -0.1) is 0 Å². The van der Waals surface area contributed by atoms with Crippen molar-refractivity contribution in [2.45, 2.75) is 52.0 Å². The molecule has 0 radical (unpaired) electrons. The van der Waals surface area contributed by atoms with Gasteiger partial charge in [0.25, 0.3) is 0 Å². The Morgan fingerprint density at radius 2 is 2.19 bits per heavy atom. The Balaban J connectivity index is 2.42. The van der Waals surface area contributed by atoms with Crippen molar-refractivity contribution in [3.05, 3.63) is 45.6 Å². The molecule has 0 bridgehead atoms. The van der Waals surface area contributed by atoms with Crippen LogP contribution in [0.25, 0.3) is 6.08 Å². The topological polar surface area (TPSA) is 46.4 Å². The Morgan fingerprint density at radius 1 is 1.48 bits per heavy atom. The van der Waals surface area contributed by atoms with E-state index in [1.165, 1.54) is 11.3 Å². The van der Waals surface area contributed by atoms with Gasteiger partial charge in [-0.1, -0.05) is 19.9 Å². The highest BCUT2D eigenvalue weighted by Crippen LogP contribution is 2.43. The maximum absolute atomic E-state index is 10.5. The van der Waals surface area contributed by atoms with Crippen molar-refractivity contribution in [1.82, 2.24) is 0 Å². The van der Waals surface area contributed by atoms with Gasteiger partial charge in [-0.25, -0.2) is 0 Å². The molecule has 0 spiro atoms. The molecular formula is C17H24N2O2. The van der Waals surface area contributed by atoms with Crippen LogP contribution in [0, 0.1) is 10.1 Å². The molecule has 0 amide bonds. The maximum Gasteiger partial charge on any atom is 0.235 e. The average molecular weight is 288 g/mol. The lowest BCUT2D eigenvalue weighted by atomic mass is 9.79. The minimum absolute atomic E-state index is 0.153. The lowest BCUT2D eigenvalue weighted by molar-refractivity contribution is -0.400. The quantitative estimate of drug-likeness (QED) is 0.608. The van der Waals surface area contributed by atoms with Crippen molar-refractivity contribution in [2.75, 3.05) is 11.4 Å². The van der Waals surface area contributed by atoms with Crippen LogP contribution in [0.5, 0.6) is 0 Å². The highest BCUT2D eigenvalue weighted by Gasteiger charge is 2.35. The minimum Gasteiger partial charge on any atom is -0.366 e. The lowest BCUT2D eigenvalue weighted by Crippen LogP contribution is -2.48. The molecule has 1 unspecified atom stereocenters. The second kappa shape index (κ2) is 5.88. The third-order valence-corrected chi connectivity index (χ3v) is 4.25. The van der Waals surface area contributed by atoms with Crippen LogP contribution in [0.2, 0.25) is 0 Å². The van der Waals surface area contributed by atoms with E-state index in [0.29, 0.717) is 5.92 Å². The summed E-state index contributed by atoms with van der Waals surface area (Å²) in [6, 6.07) is 6.18. The number of fused-ring (bicyclic) bond motifs is 1. The fraction of sp³-hybridized carbons (Fsp3) is 0.529. The molecule has 1 atom stereocenters. The molecule has 0 saturated heterocycles. The Kier molecular flexibility index (Phi) is 4.35. The number of nitrogens with zero attached hydrogens (tertiary/aromatic N) is 2. The van der Waals surface area contributed by atoms with Gasteiger partial charge in [0.1, 0.15) is 0 Å². The molecule has 1 aliphatic heterocycles. The van der Waals surface area contributed by atoms with E-state index in [4.69, 9.17) is 0 Å². The smallest absolute Gasteiger partial charge is 0.235 e. The maximum atomic E-state index is 10.5. The van der Waals surface area contributed by atoms with E-state index in [1.54, 1.807) is 6.08 Å². The minimum atomic E-state index is -0.421. The van der Waals surface area contributed by atoms with Gasteiger partial charge < -0.3 is 4.90 Å². The van der Waals surface area contributed by atoms with Crippen LogP contribution in [-0.2, 0) is 0 Å². The Labute approximate surface area is 126 Å². The zero-order valence-electron chi connectivity index (χ0n) is 13.3. The molecule has 1 aliphatic rings. The van der Waals surface area contributed by atoms with Crippen molar-refractivity contribution < 1.29 is 4.92 Å². The van der Waals surface area contributed by atoms with E-state index in [-0.39, 0.29) is 5.54 Å². The molecular weight excluding hydrogens is 264 g/mol. The van der Waals surface area contributed by atoms with Crippen LogP contribution < -0.4 is 4.90 Å². The Morgan fingerprint density at radius 3 is 2.81 bits per heavy atom. The molecule has 4 nitrogen and oxygen atoms in total. The average Bonchev–Trinajstić information content (AvgIpc) is 2.40. The molecule has 0 saturated carbocycles. The number of hydrogen-bond acceptors (Lipinski definition) is 3. The van der Waals surface area contributed by atoms with E-state index >= 15 is 0 Å². The van der Waals surface area contributed by atoms with E-state index < -0.39 is 4.92 Å². The molecule has 4 heteroatoms. The molecule has 21 heavy (non-hydrogen) atoms. The first kappa shape index (κ1) is 15.5. The summed E-state index contributed by atoms with van der Waals surface area (Å²) in [4.78, 5) is 12.5. The monoisotopic (exact) mass is 288 g/mol. The molecule has 2 rings (SSSR count). The van der Waals surface area contributed by atoms with Crippen LogP contribution in [0.15, 0.2) is 24.4 Å². The van der Waals surface area contributed by atoms with Gasteiger partial charge in [-0.2, -0.15) is 0 Å². The van der Waals surface area contributed by atoms with Gasteiger partial charge in [0.05, 0.1) is 4.92 Å². The van der Waals surface area contributed by atoms with Gasteiger partial charge in [0, 0.05) is 23.8 Å². The summed E-state index contributed by atoms with van der Waals surface area (Å²) >= 11 is 0. The molecule has 1 heterocycles. The normalized spacial score (nSPS) is 20.6. The zero-order valence-corrected chi connectivity index (χ0v) is 13.3. The standard InChI is InChI=1S/C17H24N2O2/c1-5-9-18-16-7-6-14(8-10-19(20)21)11-15(16)13(2)12-17(18,3)4/h6-8,10-11,13H,5,9,12H2,1-4H3/b10-8+. The van der Waals surface area contributed by atoms with Gasteiger partial charge in [-0.05, 0) is 55.9 Å². The molecule has 1 aromatic carbocycles. The molecule has 114 valence electrons. The highest BCUT2D eigenvalue weighted by atomic mass is 16.6. The second-order valence-electron chi connectivity index (χ2n) is 6.49. The number of rotatable bonds is 4. The SMILES string of the molecule is CCCN1c2ccc(/C=C/[N+](=O)[O-])cc2C(C)CC1(C)C. The van der Waals surface area contributed by atoms with Crippen molar-refractivity contribution in [3.63, 3.8) is 0 Å². The number of anilines is 1. The summed E-state index contributed by atoms with van der Waals surface area (Å²) in [6.45, 7) is 10.1. The summed E-state index contributed by atoms with van der Waals surface area (Å²) in [5.41, 5.74) is 3.63. The first-order valence-corrected chi connectivity index (χ1v) is 7.58. The van der Waals surface area contributed by atoms with Crippen LogP contribution in [0.1, 0.15) is 57.6 Å². The highest BCUT2D eigenvalue weighted by molar-refractivity contribution is 5.64. The first-order valence-electron chi connectivity index (χ1n) is 7.58. The largest absolute Gasteiger partial charge is 0.366 e. The Bertz CT molecular complexity index is 564. The van der Waals surface area contributed by atoms with Crippen LogP contribution >= 0.6 is 0 Å². The summed E-state index contributed by atoms with van der Waals surface area (Å²) < 4.78 is 0. The van der Waals surface area contributed by atoms with Crippen molar-refractivity contribution in [2.24, 2.45) is 0 Å². The van der Waals surface area contributed by atoms with Gasteiger partial charge >= 0.3 is 0 Å². The molecule has 0 N–H and O–H groups in total. The van der Waals surface area contributed by atoms with Gasteiger partial charge in [-0.3, -0.25) is 10.1 Å². The number of benzene rings is 1. The van der Waals surface area contributed by atoms with E-state index in [2.05, 4.69) is 44.7 Å². The van der Waals surface area contributed by atoms with Crippen LogP contribution in [0.4, 0.5) is 5.69 Å². The van der Waals surface area contributed by atoms with E-state index in [0.717, 1.165) is 31.1 Å². The molecule has 1 aromatic rings. The molecule has 0 aliphatic carbocycles. The van der Waals surface area contributed by atoms with Crippen molar-refractivity contribution in [1.29, 1.82) is 0 Å². The second-order valence-corrected chi connectivity index (χ2v) is 6.49. The molecule has 0 aromatic heterocycles. The fourth-order valence-corrected chi connectivity index (χ4v) is 3.41. The Hall–Kier alpha value is -1.84. The molecule has 0 fully saturated rings. The predicted molar refractivity (Wildman–Crippen MR) is 87.2 cm³/mol. The third-order valence-electron chi connectivity index (χ3n) is 4.25. The van der Waals surface area contributed by atoms with Crippen molar-refractivity contribution >= 4 is 11.8 Å². The third kappa shape index (κ3) is 3.26. The van der Waals surface area contributed by atoms with E-state index in [1.807, 2.05) is 6.07 Å². The van der Waals surface area contributed by atoms with Crippen LogP contribution in [0.3, 0.4) is 0 Å². The van der Waals surface area contributed by atoms with Gasteiger partial charge in [0.15, 0.2) is 0 Å². The number of hydrogen-bond donors (Lipinski definition) is 0. The summed E-state index contributed by atoms with van der Waals surface area (Å²) in [5.74, 6) is 0.465. The predicted octanol–water partition coefficient (Wildman–Crippen LogP) is 4.44. The van der Waals surface area contributed by atoms with E-state index in [9.17, 15) is 10.1 Å². The van der Waals surface area contributed by atoms with Crippen molar-refractivity contribution in [3.8, 4) is 0 Å². The summed E-state index contributed by atoms with van der Waals surface area (Å²) in [7, 11) is 0. The zero-order chi connectivity index (χ0) is 15.6. The fourth-order valence-electron chi connectivity index (χ4n) is 3.41. The van der Waals surface area contributed by atoms with Crippen LogP contribution in [-0.4, -0.2) is 17.0 Å². The first-order chi connectivity index (χ1) is 9.85.